The highest BCUT2D eigenvalue weighted by Crippen LogP contribution is 2.16. The molecule has 0 radical (unpaired) electrons. The Morgan fingerprint density at radius 1 is 0.931 bits per heavy atom. The minimum Gasteiger partial charge on any atom is -0.489 e. The zero-order chi connectivity index (χ0) is 20.6. The second-order valence-electron chi connectivity index (χ2n) is 6.88. The van der Waals surface area contributed by atoms with Gasteiger partial charge in [0.05, 0.1) is 6.54 Å². The molecule has 0 fully saturated rings. The van der Waals surface area contributed by atoms with Gasteiger partial charge in [-0.05, 0) is 42.8 Å². The normalized spacial score (nSPS) is 10.3. The summed E-state index contributed by atoms with van der Waals surface area (Å²) in [4.78, 5) is 26.3. The highest BCUT2D eigenvalue weighted by Gasteiger charge is 2.16. The van der Waals surface area contributed by atoms with E-state index in [1.54, 1.807) is 25.2 Å². The van der Waals surface area contributed by atoms with E-state index < -0.39 is 0 Å². The Balaban J connectivity index is 1.57. The number of anilines is 1. The molecule has 0 unspecified atom stereocenters. The van der Waals surface area contributed by atoms with Crippen molar-refractivity contribution >= 4 is 17.5 Å². The molecule has 0 heterocycles. The first-order valence-electron chi connectivity index (χ1n) is 9.40. The Bertz CT molecular complexity index is 969. The van der Waals surface area contributed by atoms with Crippen molar-refractivity contribution in [3.63, 3.8) is 0 Å². The molecule has 5 nitrogen and oxygen atoms in total. The molecule has 5 heteroatoms. The van der Waals surface area contributed by atoms with Gasteiger partial charge in [0.25, 0.3) is 5.91 Å². The second kappa shape index (κ2) is 9.55. The fraction of sp³-hybridized carbons (Fsp3) is 0.167. The number of aryl methyl sites for hydroxylation is 1. The van der Waals surface area contributed by atoms with Crippen LogP contribution >= 0.6 is 0 Å². The molecule has 148 valence electrons. The predicted molar refractivity (Wildman–Crippen MR) is 114 cm³/mol. The lowest BCUT2D eigenvalue weighted by molar-refractivity contribution is -0.116. The van der Waals surface area contributed by atoms with E-state index in [0.29, 0.717) is 23.6 Å². The van der Waals surface area contributed by atoms with E-state index in [1.807, 2.05) is 67.6 Å². The summed E-state index contributed by atoms with van der Waals surface area (Å²) in [5, 5.41) is 2.80. The Kier molecular flexibility index (Phi) is 6.63. The highest BCUT2D eigenvalue weighted by molar-refractivity contribution is 5.99. The molecule has 3 aromatic rings. The Hall–Kier alpha value is -3.60. The van der Waals surface area contributed by atoms with Gasteiger partial charge in [0.15, 0.2) is 0 Å². The van der Waals surface area contributed by atoms with Crippen molar-refractivity contribution in [3.8, 4) is 5.75 Å². The molecule has 0 aliphatic rings. The van der Waals surface area contributed by atoms with Gasteiger partial charge >= 0.3 is 0 Å². The number of carbonyl (C=O) groups excluding carboxylic acids is 2. The van der Waals surface area contributed by atoms with Gasteiger partial charge < -0.3 is 15.0 Å². The number of amides is 2. The molecule has 0 bridgehead atoms. The maximum Gasteiger partial charge on any atom is 0.254 e. The van der Waals surface area contributed by atoms with Crippen LogP contribution in [0.2, 0.25) is 0 Å². The van der Waals surface area contributed by atoms with Crippen LogP contribution in [0.15, 0.2) is 78.9 Å². The largest absolute Gasteiger partial charge is 0.489 e. The van der Waals surface area contributed by atoms with Crippen LogP contribution in [0.25, 0.3) is 0 Å². The number of hydrogen-bond acceptors (Lipinski definition) is 3. The summed E-state index contributed by atoms with van der Waals surface area (Å²) in [7, 11) is 1.61. The number of nitrogens with zero attached hydrogens (tertiary/aromatic N) is 1. The fourth-order valence-corrected chi connectivity index (χ4v) is 2.80. The number of benzene rings is 3. The van der Waals surface area contributed by atoms with Crippen molar-refractivity contribution in [1.29, 1.82) is 0 Å². The van der Waals surface area contributed by atoms with Gasteiger partial charge in [0, 0.05) is 18.3 Å². The van der Waals surface area contributed by atoms with Crippen molar-refractivity contribution < 1.29 is 14.3 Å². The SMILES string of the molecule is Cc1ccc(NC(=O)CN(C)C(=O)c2cccc(OCc3ccccc3)c2)cc1. The number of nitrogens with one attached hydrogen (secondary N) is 1. The number of likely N-dealkylation sites (N-methyl/N-ethyl adjacent to an activating group) is 1. The zero-order valence-corrected chi connectivity index (χ0v) is 16.6. The molecular formula is C24H24N2O3. The molecule has 3 rings (SSSR count). The first-order valence-corrected chi connectivity index (χ1v) is 9.40. The maximum absolute atomic E-state index is 12.7. The van der Waals surface area contributed by atoms with Crippen molar-refractivity contribution in [2.45, 2.75) is 13.5 Å². The van der Waals surface area contributed by atoms with Crippen LogP contribution in [0.1, 0.15) is 21.5 Å². The summed E-state index contributed by atoms with van der Waals surface area (Å²) >= 11 is 0. The van der Waals surface area contributed by atoms with E-state index in [9.17, 15) is 9.59 Å². The van der Waals surface area contributed by atoms with Gasteiger partial charge in [0.2, 0.25) is 5.91 Å². The van der Waals surface area contributed by atoms with Gasteiger partial charge in [0.1, 0.15) is 12.4 Å². The van der Waals surface area contributed by atoms with Gasteiger partial charge in [-0.15, -0.1) is 0 Å². The quantitative estimate of drug-likeness (QED) is 0.657. The average molecular weight is 388 g/mol. The van der Waals surface area contributed by atoms with E-state index in [-0.39, 0.29) is 18.4 Å². The molecule has 29 heavy (non-hydrogen) atoms. The lowest BCUT2D eigenvalue weighted by Crippen LogP contribution is -2.34. The van der Waals surface area contributed by atoms with Crippen LogP contribution in [0.4, 0.5) is 5.69 Å². The van der Waals surface area contributed by atoms with Gasteiger partial charge in [-0.2, -0.15) is 0 Å². The summed E-state index contributed by atoms with van der Waals surface area (Å²) in [5.74, 6) is 0.118. The Labute approximate surface area is 170 Å². The van der Waals surface area contributed by atoms with E-state index in [0.717, 1.165) is 11.1 Å². The van der Waals surface area contributed by atoms with Crippen molar-refractivity contribution in [2.75, 3.05) is 18.9 Å². The van der Waals surface area contributed by atoms with Gasteiger partial charge in [-0.25, -0.2) is 0 Å². The molecule has 0 spiro atoms. The van der Waals surface area contributed by atoms with Crippen LogP contribution in [0, 0.1) is 6.92 Å². The summed E-state index contributed by atoms with van der Waals surface area (Å²) in [6.07, 6.45) is 0. The first kappa shape index (κ1) is 20.1. The van der Waals surface area contributed by atoms with Crippen LogP contribution in [0.5, 0.6) is 5.75 Å². The molecular weight excluding hydrogens is 364 g/mol. The molecule has 3 aromatic carbocycles. The third-order valence-corrected chi connectivity index (χ3v) is 4.39. The number of hydrogen-bond donors (Lipinski definition) is 1. The molecule has 0 aromatic heterocycles. The molecule has 0 saturated carbocycles. The topological polar surface area (TPSA) is 58.6 Å². The van der Waals surface area contributed by atoms with Crippen molar-refractivity contribution in [3.05, 3.63) is 95.6 Å². The number of rotatable bonds is 7. The summed E-state index contributed by atoms with van der Waals surface area (Å²) in [5.41, 5.74) is 3.35. The molecule has 0 saturated heterocycles. The average Bonchev–Trinajstić information content (AvgIpc) is 2.74. The second-order valence-corrected chi connectivity index (χ2v) is 6.88. The molecule has 0 atom stereocenters. The van der Waals surface area contributed by atoms with Crippen LogP contribution in [-0.4, -0.2) is 30.3 Å². The maximum atomic E-state index is 12.7. The first-order chi connectivity index (χ1) is 14.0. The molecule has 0 aliphatic carbocycles. The fourth-order valence-electron chi connectivity index (χ4n) is 2.80. The van der Waals surface area contributed by atoms with Crippen molar-refractivity contribution in [1.82, 2.24) is 4.90 Å². The minimum absolute atomic E-state index is 0.0399. The van der Waals surface area contributed by atoms with Crippen LogP contribution in [0.3, 0.4) is 0 Å². The summed E-state index contributed by atoms with van der Waals surface area (Å²) < 4.78 is 5.78. The zero-order valence-electron chi connectivity index (χ0n) is 16.6. The molecule has 1 N–H and O–H groups in total. The van der Waals surface area contributed by atoms with Crippen LogP contribution < -0.4 is 10.1 Å². The molecule has 0 aliphatic heterocycles. The number of ether oxygens (including phenoxy) is 1. The van der Waals surface area contributed by atoms with E-state index in [2.05, 4.69) is 5.32 Å². The monoisotopic (exact) mass is 388 g/mol. The summed E-state index contributed by atoms with van der Waals surface area (Å²) in [6, 6.07) is 24.3. The smallest absolute Gasteiger partial charge is 0.254 e. The Morgan fingerprint density at radius 3 is 2.38 bits per heavy atom. The third-order valence-electron chi connectivity index (χ3n) is 4.39. The summed E-state index contributed by atoms with van der Waals surface area (Å²) in [6.45, 7) is 2.37. The Morgan fingerprint density at radius 2 is 1.66 bits per heavy atom. The van der Waals surface area contributed by atoms with Gasteiger partial charge in [-0.3, -0.25) is 9.59 Å². The lowest BCUT2D eigenvalue weighted by Gasteiger charge is -2.17. The van der Waals surface area contributed by atoms with E-state index >= 15 is 0 Å². The van der Waals surface area contributed by atoms with Crippen LogP contribution in [-0.2, 0) is 11.4 Å². The number of carbonyl (C=O) groups is 2. The minimum atomic E-state index is -0.249. The lowest BCUT2D eigenvalue weighted by atomic mass is 10.2. The van der Waals surface area contributed by atoms with E-state index in [1.165, 1.54) is 4.90 Å². The standard InChI is InChI=1S/C24H24N2O3/c1-18-11-13-21(14-12-18)25-23(27)16-26(2)24(28)20-9-6-10-22(15-20)29-17-19-7-4-3-5-8-19/h3-15H,16-17H2,1-2H3,(H,25,27). The van der Waals surface area contributed by atoms with E-state index in [4.69, 9.17) is 4.74 Å². The third kappa shape index (κ3) is 5.94. The van der Waals surface area contributed by atoms with Crippen molar-refractivity contribution in [2.24, 2.45) is 0 Å². The highest BCUT2D eigenvalue weighted by atomic mass is 16.5. The van der Waals surface area contributed by atoms with Gasteiger partial charge in [-0.1, -0.05) is 54.1 Å². The molecule has 2 amide bonds. The predicted octanol–water partition coefficient (Wildman–Crippen LogP) is 4.28.